The van der Waals surface area contributed by atoms with E-state index in [2.05, 4.69) is 12.2 Å². The highest BCUT2D eigenvalue weighted by Crippen LogP contribution is 2.22. The summed E-state index contributed by atoms with van der Waals surface area (Å²) in [4.78, 5) is 0. The van der Waals surface area contributed by atoms with Crippen molar-refractivity contribution in [1.82, 2.24) is 5.32 Å². The summed E-state index contributed by atoms with van der Waals surface area (Å²) in [5.41, 5.74) is 0. The molecule has 1 aliphatic heterocycles. The standard InChI is InChI=1S/C15H25NO4/c1-2-15-12(5-7-20-15)8-16-9-13(17)10-18-11-14-4-3-6-19-14/h3-4,6,12-13,15-17H,2,5,7-11H2,1H3. The molecule has 3 atom stereocenters. The Balaban J connectivity index is 1.52. The van der Waals surface area contributed by atoms with Gasteiger partial charge in [-0.1, -0.05) is 6.92 Å². The molecule has 2 N–H and O–H groups in total. The molecule has 1 saturated heterocycles. The molecule has 2 rings (SSSR count). The molecular formula is C15H25NO4. The topological polar surface area (TPSA) is 63.9 Å². The first-order chi connectivity index (χ1) is 9.79. The molecule has 0 amide bonds. The van der Waals surface area contributed by atoms with Crippen LogP contribution in [-0.4, -0.2) is 43.6 Å². The lowest BCUT2D eigenvalue weighted by molar-refractivity contribution is 0.0216. The smallest absolute Gasteiger partial charge is 0.129 e. The minimum atomic E-state index is -0.493. The fraction of sp³-hybridized carbons (Fsp3) is 0.733. The van der Waals surface area contributed by atoms with E-state index < -0.39 is 6.10 Å². The maximum absolute atomic E-state index is 9.83. The molecule has 1 fully saturated rings. The second kappa shape index (κ2) is 8.42. The lowest BCUT2D eigenvalue weighted by atomic mass is 10.00. The quantitative estimate of drug-likeness (QED) is 0.720. The van der Waals surface area contributed by atoms with Crippen LogP contribution in [0.25, 0.3) is 0 Å². The van der Waals surface area contributed by atoms with Crippen molar-refractivity contribution in [3.63, 3.8) is 0 Å². The van der Waals surface area contributed by atoms with Gasteiger partial charge in [-0.25, -0.2) is 0 Å². The minimum Gasteiger partial charge on any atom is -0.467 e. The third-order valence-electron chi connectivity index (χ3n) is 3.67. The largest absolute Gasteiger partial charge is 0.467 e. The van der Waals surface area contributed by atoms with Crippen molar-refractivity contribution >= 4 is 0 Å². The first kappa shape index (κ1) is 15.5. The number of aliphatic hydroxyl groups is 1. The molecule has 0 bridgehead atoms. The van der Waals surface area contributed by atoms with Crippen molar-refractivity contribution in [3.05, 3.63) is 24.2 Å². The maximum atomic E-state index is 9.83. The van der Waals surface area contributed by atoms with Crippen LogP contribution in [0.1, 0.15) is 25.5 Å². The van der Waals surface area contributed by atoms with Crippen LogP contribution in [0.3, 0.4) is 0 Å². The minimum absolute atomic E-state index is 0.312. The summed E-state index contributed by atoms with van der Waals surface area (Å²) in [6.07, 6.45) is 3.66. The van der Waals surface area contributed by atoms with E-state index in [9.17, 15) is 5.11 Å². The van der Waals surface area contributed by atoms with Crippen molar-refractivity contribution in [2.45, 2.75) is 38.6 Å². The van der Waals surface area contributed by atoms with Crippen LogP contribution in [0.4, 0.5) is 0 Å². The van der Waals surface area contributed by atoms with E-state index >= 15 is 0 Å². The number of furan rings is 1. The second-order valence-corrected chi connectivity index (χ2v) is 5.27. The number of hydrogen-bond acceptors (Lipinski definition) is 5. The maximum Gasteiger partial charge on any atom is 0.129 e. The lowest BCUT2D eigenvalue weighted by Crippen LogP contribution is -2.35. The fourth-order valence-electron chi connectivity index (χ4n) is 2.56. The highest BCUT2D eigenvalue weighted by molar-refractivity contribution is 4.96. The number of ether oxygens (including phenoxy) is 2. The Kier molecular flexibility index (Phi) is 6.53. The predicted octanol–water partition coefficient (Wildman–Crippen LogP) is 1.56. The molecule has 114 valence electrons. The van der Waals surface area contributed by atoms with Gasteiger partial charge in [0.15, 0.2) is 0 Å². The molecule has 2 heterocycles. The Morgan fingerprint density at radius 3 is 3.20 bits per heavy atom. The van der Waals surface area contributed by atoms with Gasteiger partial charge in [0.2, 0.25) is 0 Å². The zero-order valence-corrected chi connectivity index (χ0v) is 12.1. The van der Waals surface area contributed by atoms with Crippen LogP contribution >= 0.6 is 0 Å². The second-order valence-electron chi connectivity index (χ2n) is 5.27. The van der Waals surface area contributed by atoms with Gasteiger partial charge in [-0.15, -0.1) is 0 Å². The highest BCUT2D eigenvalue weighted by atomic mass is 16.5. The molecule has 20 heavy (non-hydrogen) atoms. The van der Waals surface area contributed by atoms with E-state index in [0.29, 0.717) is 31.8 Å². The highest BCUT2D eigenvalue weighted by Gasteiger charge is 2.26. The average molecular weight is 283 g/mol. The summed E-state index contributed by atoms with van der Waals surface area (Å²) in [7, 11) is 0. The van der Waals surface area contributed by atoms with Gasteiger partial charge in [0.25, 0.3) is 0 Å². The molecule has 0 aliphatic carbocycles. The summed E-state index contributed by atoms with van der Waals surface area (Å²) in [5.74, 6) is 1.34. The summed E-state index contributed by atoms with van der Waals surface area (Å²) in [5, 5.41) is 13.1. The Labute approximate surface area is 120 Å². The van der Waals surface area contributed by atoms with E-state index in [-0.39, 0.29) is 0 Å². The molecule has 1 aromatic rings. The van der Waals surface area contributed by atoms with Gasteiger partial charge in [0.05, 0.1) is 25.1 Å². The summed E-state index contributed by atoms with van der Waals surface area (Å²) in [6, 6.07) is 3.68. The van der Waals surface area contributed by atoms with E-state index in [1.165, 1.54) is 0 Å². The molecule has 0 spiro atoms. The lowest BCUT2D eigenvalue weighted by Gasteiger charge is -2.18. The van der Waals surface area contributed by atoms with Crippen LogP contribution in [0.15, 0.2) is 22.8 Å². The van der Waals surface area contributed by atoms with Gasteiger partial charge in [-0.3, -0.25) is 0 Å². The summed E-state index contributed by atoms with van der Waals surface area (Å²) in [6.45, 7) is 5.17. The molecule has 0 aromatic carbocycles. The van der Waals surface area contributed by atoms with E-state index in [0.717, 1.165) is 31.8 Å². The Morgan fingerprint density at radius 2 is 2.45 bits per heavy atom. The number of rotatable bonds is 9. The zero-order valence-electron chi connectivity index (χ0n) is 12.1. The molecule has 3 unspecified atom stereocenters. The number of hydrogen-bond donors (Lipinski definition) is 2. The van der Waals surface area contributed by atoms with Crippen molar-refractivity contribution < 1.29 is 19.0 Å². The first-order valence-corrected chi connectivity index (χ1v) is 7.40. The molecule has 0 saturated carbocycles. The van der Waals surface area contributed by atoms with Crippen LogP contribution in [-0.2, 0) is 16.1 Å². The van der Waals surface area contributed by atoms with E-state index in [1.807, 2.05) is 12.1 Å². The predicted molar refractivity (Wildman–Crippen MR) is 75.4 cm³/mol. The SMILES string of the molecule is CCC1OCCC1CNCC(O)COCc1ccco1. The van der Waals surface area contributed by atoms with Crippen LogP contribution in [0, 0.1) is 5.92 Å². The molecule has 1 aromatic heterocycles. The third kappa shape index (κ3) is 4.90. The van der Waals surface area contributed by atoms with E-state index in [1.54, 1.807) is 6.26 Å². The van der Waals surface area contributed by atoms with Crippen LogP contribution < -0.4 is 5.32 Å². The van der Waals surface area contributed by atoms with Gasteiger partial charge in [0.1, 0.15) is 12.4 Å². The van der Waals surface area contributed by atoms with Gasteiger partial charge in [0, 0.05) is 19.7 Å². The Bertz CT molecular complexity index is 355. The molecule has 0 radical (unpaired) electrons. The van der Waals surface area contributed by atoms with Gasteiger partial charge >= 0.3 is 0 Å². The zero-order chi connectivity index (χ0) is 14.2. The first-order valence-electron chi connectivity index (χ1n) is 7.40. The summed E-state index contributed by atoms with van der Waals surface area (Å²) >= 11 is 0. The molecular weight excluding hydrogens is 258 g/mol. The van der Waals surface area contributed by atoms with Crippen molar-refractivity contribution in [1.29, 1.82) is 0 Å². The molecule has 1 aliphatic rings. The molecule has 5 nitrogen and oxygen atoms in total. The third-order valence-corrected chi connectivity index (χ3v) is 3.67. The monoisotopic (exact) mass is 283 g/mol. The van der Waals surface area contributed by atoms with Gasteiger partial charge < -0.3 is 24.3 Å². The van der Waals surface area contributed by atoms with Crippen molar-refractivity contribution in [3.8, 4) is 0 Å². The van der Waals surface area contributed by atoms with E-state index in [4.69, 9.17) is 13.9 Å². The Hall–Kier alpha value is -0.880. The summed E-state index contributed by atoms with van der Waals surface area (Å²) < 4.78 is 16.2. The van der Waals surface area contributed by atoms with Crippen LogP contribution in [0.2, 0.25) is 0 Å². The van der Waals surface area contributed by atoms with Crippen molar-refractivity contribution in [2.24, 2.45) is 5.92 Å². The average Bonchev–Trinajstić information content (AvgIpc) is 3.09. The Morgan fingerprint density at radius 1 is 1.55 bits per heavy atom. The number of aliphatic hydroxyl groups excluding tert-OH is 1. The van der Waals surface area contributed by atoms with Crippen LogP contribution in [0.5, 0.6) is 0 Å². The van der Waals surface area contributed by atoms with Gasteiger partial charge in [-0.2, -0.15) is 0 Å². The normalized spacial score (nSPS) is 24.1. The molecule has 5 heteroatoms. The van der Waals surface area contributed by atoms with Gasteiger partial charge in [-0.05, 0) is 30.9 Å². The van der Waals surface area contributed by atoms with Crippen molar-refractivity contribution in [2.75, 3.05) is 26.3 Å². The fourth-order valence-corrected chi connectivity index (χ4v) is 2.56. The number of nitrogens with one attached hydrogen (secondary N) is 1.